The molecule has 1 aliphatic carbocycles. The van der Waals surface area contributed by atoms with Crippen molar-refractivity contribution < 1.29 is 9.53 Å². The molecule has 5 nitrogen and oxygen atoms in total. The van der Waals surface area contributed by atoms with Crippen LogP contribution in [0.3, 0.4) is 0 Å². The van der Waals surface area contributed by atoms with Crippen LogP contribution in [0.15, 0.2) is 42.5 Å². The standard InChI is InChI=1S/C23H28ClN3O2/c1-29-20-8-4-5-16(12-20)11-19-14-25-23(28)27(19)15-17-9-10-21(24)22(13-17)26-18-6-2-3-7-18/h4-5,8-10,12-13,18-19,26H,2-3,6-7,11,14-15H2,1H3,(H,25,28). The molecule has 1 aliphatic heterocycles. The molecule has 1 saturated carbocycles. The average molecular weight is 414 g/mol. The Labute approximate surface area is 177 Å². The van der Waals surface area contributed by atoms with Crippen LogP contribution in [0.5, 0.6) is 5.75 Å². The zero-order valence-corrected chi connectivity index (χ0v) is 17.5. The topological polar surface area (TPSA) is 53.6 Å². The Morgan fingerprint density at radius 1 is 1.17 bits per heavy atom. The fourth-order valence-corrected chi connectivity index (χ4v) is 4.48. The molecule has 0 spiro atoms. The normalized spacial score (nSPS) is 19.4. The minimum Gasteiger partial charge on any atom is -0.497 e. The highest BCUT2D eigenvalue weighted by molar-refractivity contribution is 6.33. The second-order valence-electron chi connectivity index (χ2n) is 7.96. The lowest BCUT2D eigenvalue weighted by Gasteiger charge is -2.24. The monoisotopic (exact) mass is 413 g/mol. The second kappa shape index (κ2) is 8.95. The van der Waals surface area contributed by atoms with Crippen LogP contribution in [0.2, 0.25) is 5.02 Å². The molecular formula is C23H28ClN3O2. The Morgan fingerprint density at radius 2 is 2.00 bits per heavy atom. The maximum atomic E-state index is 12.5. The molecule has 2 N–H and O–H groups in total. The van der Waals surface area contributed by atoms with Crippen molar-refractivity contribution in [2.24, 2.45) is 0 Å². The summed E-state index contributed by atoms with van der Waals surface area (Å²) in [4.78, 5) is 14.4. The van der Waals surface area contributed by atoms with E-state index in [0.717, 1.165) is 34.0 Å². The number of amides is 2. The lowest BCUT2D eigenvalue weighted by atomic mass is 10.0. The van der Waals surface area contributed by atoms with Crippen LogP contribution in [0.1, 0.15) is 36.8 Å². The summed E-state index contributed by atoms with van der Waals surface area (Å²) < 4.78 is 5.33. The van der Waals surface area contributed by atoms with Gasteiger partial charge in [0.15, 0.2) is 0 Å². The number of benzene rings is 2. The summed E-state index contributed by atoms with van der Waals surface area (Å²) in [5.41, 5.74) is 3.22. The van der Waals surface area contributed by atoms with Gasteiger partial charge in [-0.05, 0) is 54.7 Å². The van der Waals surface area contributed by atoms with E-state index in [0.29, 0.717) is 19.1 Å². The van der Waals surface area contributed by atoms with E-state index in [-0.39, 0.29) is 12.1 Å². The molecule has 0 aromatic heterocycles. The largest absolute Gasteiger partial charge is 0.497 e. The van der Waals surface area contributed by atoms with E-state index < -0.39 is 0 Å². The van der Waals surface area contributed by atoms with Gasteiger partial charge < -0.3 is 20.3 Å². The molecule has 2 amide bonds. The third-order valence-electron chi connectivity index (χ3n) is 5.89. The van der Waals surface area contributed by atoms with Crippen LogP contribution in [0, 0.1) is 0 Å². The zero-order chi connectivity index (χ0) is 20.2. The molecule has 0 bridgehead atoms. The number of urea groups is 1. The number of rotatable bonds is 7. The molecule has 4 rings (SSSR count). The van der Waals surface area contributed by atoms with Crippen LogP contribution in [0.4, 0.5) is 10.5 Å². The van der Waals surface area contributed by atoms with Crippen molar-refractivity contribution in [1.29, 1.82) is 0 Å². The Kier molecular flexibility index (Phi) is 6.14. The van der Waals surface area contributed by atoms with Gasteiger partial charge in [-0.1, -0.05) is 42.6 Å². The third kappa shape index (κ3) is 4.78. The van der Waals surface area contributed by atoms with Gasteiger partial charge in [-0.3, -0.25) is 0 Å². The van der Waals surface area contributed by atoms with Gasteiger partial charge in [0.25, 0.3) is 0 Å². The highest BCUT2D eigenvalue weighted by Gasteiger charge is 2.31. The van der Waals surface area contributed by atoms with E-state index in [4.69, 9.17) is 16.3 Å². The lowest BCUT2D eigenvalue weighted by Crippen LogP contribution is -2.35. The third-order valence-corrected chi connectivity index (χ3v) is 6.22. The van der Waals surface area contributed by atoms with Crippen LogP contribution in [-0.4, -0.2) is 36.7 Å². The highest BCUT2D eigenvalue weighted by atomic mass is 35.5. The van der Waals surface area contributed by atoms with Crippen molar-refractivity contribution in [1.82, 2.24) is 10.2 Å². The minimum atomic E-state index is -0.0156. The number of anilines is 1. The molecule has 1 atom stereocenters. The fourth-order valence-electron chi connectivity index (χ4n) is 4.31. The summed E-state index contributed by atoms with van der Waals surface area (Å²) in [5, 5.41) is 7.31. The smallest absolute Gasteiger partial charge is 0.318 e. The summed E-state index contributed by atoms with van der Waals surface area (Å²) in [6.45, 7) is 1.22. The Hall–Kier alpha value is -2.40. The summed E-state index contributed by atoms with van der Waals surface area (Å²) in [7, 11) is 1.67. The van der Waals surface area contributed by atoms with Gasteiger partial charge in [-0.15, -0.1) is 0 Å². The number of halogens is 1. The highest BCUT2D eigenvalue weighted by Crippen LogP contribution is 2.29. The van der Waals surface area contributed by atoms with Crippen molar-refractivity contribution in [2.45, 2.75) is 50.7 Å². The number of nitrogens with one attached hydrogen (secondary N) is 2. The predicted octanol–water partition coefficient (Wildman–Crippen LogP) is 4.84. The van der Waals surface area contributed by atoms with Crippen molar-refractivity contribution in [3.05, 3.63) is 58.6 Å². The first-order valence-corrected chi connectivity index (χ1v) is 10.7. The van der Waals surface area contributed by atoms with Gasteiger partial charge in [0.1, 0.15) is 5.75 Å². The summed E-state index contributed by atoms with van der Waals surface area (Å²) in [5.74, 6) is 0.840. The van der Waals surface area contributed by atoms with Gasteiger partial charge in [0, 0.05) is 19.1 Å². The molecule has 154 valence electrons. The van der Waals surface area contributed by atoms with E-state index in [2.05, 4.69) is 22.8 Å². The van der Waals surface area contributed by atoms with Gasteiger partial charge in [-0.2, -0.15) is 0 Å². The summed E-state index contributed by atoms with van der Waals surface area (Å²) >= 11 is 6.42. The van der Waals surface area contributed by atoms with E-state index in [1.54, 1.807) is 7.11 Å². The number of hydrogen-bond acceptors (Lipinski definition) is 3. The molecule has 1 heterocycles. The summed E-state index contributed by atoms with van der Waals surface area (Å²) in [6.07, 6.45) is 5.72. The molecule has 29 heavy (non-hydrogen) atoms. The first-order valence-electron chi connectivity index (χ1n) is 10.3. The fraction of sp³-hybridized carbons (Fsp3) is 0.435. The van der Waals surface area contributed by atoms with Crippen LogP contribution in [0.25, 0.3) is 0 Å². The van der Waals surface area contributed by atoms with E-state index in [1.807, 2.05) is 35.2 Å². The zero-order valence-electron chi connectivity index (χ0n) is 16.8. The number of ether oxygens (including phenoxy) is 1. The first-order chi connectivity index (χ1) is 14.1. The first kappa shape index (κ1) is 19.9. The van der Waals surface area contributed by atoms with Gasteiger partial charge >= 0.3 is 6.03 Å². The van der Waals surface area contributed by atoms with E-state index in [1.165, 1.54) is 25.7 Å². The second-order valence-corrected chi connectivity index (χ2v) is 8.37. The van der Waals surface area contributed by atoms with Crippen LogP contribution < -0.4 is 15.4 Å². The molecule has 2 aromatic rings. The van der Waals surface area contributed by atoms with Crippen LogP contribution in [-0.2, 0) is 13.0 Å². The Bertz CT molecular complexity index is 867. The number of carbonyl (C=O) groups is 1. The molecule has 1 saturated heterocycles. The van der Waals surface area contributed by atoms with Crippen molar-refractivity contribution >= 4 is 23.3 Å². The van der Waals surface area contributed by atoms with Crippen LogP contribution >= 0.6 is 11.6 Å². The predicted molar refractivity (Wildman–Crippen MR) is 117 cm³/mol. The average Bonchev–Trinajstić information content (AvgIpc) is 3.36. The van der Waals surface area contributed by atoms with Gasteiger partial charge in [-0.25, -0.2) is 4.79 Å². The van der Waals surface area contributed by atoms with Crippen molar-refractivity contribution in [3.63, 3.8) is 0 Å². The molecule has 1 unspecified atom stereocenters. The SMILES string of the molecule is COc1cccc(CC2CNC(=O)N2Cc2ccc(Cl)c(NC3CCCC3)c2)c1. The number of hydrogen-bond donors (Lipinski definition) is 2. The van der Waals surface area contributed by atoms with E-state index >= 15 is 0 Å². The molecule has 2 aliphatic rings. The molecular weight excluding hydrogens is 386 g/mol. The molecule has 6 heteroatoms. The Morgan fingerprint density at radius 3 is 2.79 bits per heavy atom. The Balaban J connectivity index is 1.47. The minimum absolute atomic E-state index is 0.0156. The van der Waals surface area contributed by atoms with Gasteiger partial charge in [0.05, 0.1) is 23.9 Å². The summed E-state index contributed by atoms with van der Waals surface area (Å²) in [6, 6.07) is 14.7. The van der Waals surface area contributed by atoms with Crippen molar-refractivity contribution in [3.8, 4) is 5.75 Å². The maximum Gasteiger partial charge on any atom is 0.318 e. The quantitative estimate of drug-likeness (QED) is 0.682. The number of methoxy groups -OCH3 is 1. The number of nitrogens with zero attached hydrogens (tertiary/aromatic N) is 1. The van der Waals surface area contributed by atoms with Gasteiger partial charge in [0.2, 0.25) is 0 Å². The molecule has 2 aromatic carbocycles. The molecule has 0 radical (unpaired) electrons. The number of carbonyl (C=O) groups excluding carboxylic acids is 1. The molecule has 2 fully saturated rings. The lowest BCUT2D eigenvalue weighted by molar-refractivity contribution is 0.200. The van der Waals surface area contributed by atoms with E-state index in [9.17, 15) is 4.79 Å². The van der Waals surface area contributed by atoms with Crippen molar-refractivity contribution in [2.75, 3.05) is 19.0 Å². The maximum absolute atomic E-state index is 12.5.